The van der Waals surface area contributed by atoms with Crippen LogP contribution in [0.2, 0.25) is 0 Å². The summed E-state index contributed by atoms with van der Waals surface area (Å²) in [6, 6.07) is 0. The van der Waals surface area contributed by atoms with Crippen molar-refractivity contribution in [1.29, 1.82) is 0 Å². The molecule has 0 aromatic heterocycles. The normalized spacial score (nSPS) is 54.9. The molecule has 9 heavy (non-hydrogen) atoms. The van der Waals surface area contributed by atoms with Crippen molar-refractivity contribution < 1.29 is 0 Å². The number of hydrogen-bond donors (Lipinski definition) is 0. The van der Waals surface area contributed by atoms with Crippen LogP contribution in [0, 0.1) is 23.7 Å². The van der Waals surface area contributed by atoms with E-state index in [0.29, 0.717) is 0 Å². The van der Waals surface area contributed by atoms with E-state index in [9.17, 15) is 0 Å². The molecule has 0 aromatic rings. The second-order valence-corrected chi connectivity index (χ2v) is 3.67. The van der Waals surface area contributed by atoms with Crippen molar-refractivity contribution in [2.75, 3.05) is 0 Å². The first-order valence-corrected chi connectivity index (χ1v) is 3.97. The van der Waals surface area contributed by atoms with Crippen LogP contribution in [0.15, 0.2) is 12.2 Å². The molecule has 0 heterocycles. The summed E-state index contributed by atoms with van der Waals surface area (Å²) in [4.78, 5) is 0. The molecule has 0 nitrogen and oxygen atoms in total. The lowest BCUT2D eigenvalue weighted by molar-refractivity contribution is 0.364. The lowest BCUT2D eigenvalue weighted by Crippen LogP contribution is -2.12. The van der Waals surface area contributed by atoms with Crippen LogP contribution in [0.3, 0.4) is 0 Å². The minimum Gasteiger partial charge on any atom is -0.0848 e. The molecule has 0 amide bonds. The molecule has 4 atom stereocenters. The van der Waals surface area contributed by atoms with Gasteiger partial charge in [0.2, 0.25) is 0 Å². The average Bonchev–Trinajstić information content (AvgIpc) is 2.37. The molecule has 2 rings (SSSR count). The molecule has 0 heteroatoms. The first kappa shape index (κ1) is 5.52. The van der Waals surface area contributed by atoms with Crippen molar-refractivity contribution in [2.24, 2.45) is 23.7 Å². The van der Waals surface area contributed by atoms with Gasteiger partial charge in [0.15, 0.2) is 0 Å². The van der Waals surface area contributed by atoms with Crippen LogP contribution in [0.5, 0.6) is 0 Å². The van der Waals surface area contributed by atoms with Crippen LogP contribution >= 0.6 is 0 Å². The first-order valence-electron chi connectivity index (χ1n) is 3.97. The van der Waals surface area contributed by atoms with E-state index in [2.05, 4.69) is 26.0 Å². The second-order valence-electron chi connectivity index (χ2n) is 3.67. The van der Waals surface area contributed by atoms with E-state index in [-0.39, 0.29) is 0 Å². The maximum atomic E-state index is 2.41. The van der Waals surface area contributed by atoms with E-state index < -0.39 is 0 Å². The predicted molar refractivity (Wildman–Crippen MR) is 39.1 cm³/mol. The Balaban J connectivity index is 2.26. The molecular weight excluding hydrogens is 108 g/mol. The van der Waals surface area contributed by atoms with Crippen molar-refractivity contribution in [3.05, 3.63) is 12.2 Å². The highest BCUT2D eigenvalue weighted by Gasteiger charge is 2.38. The Labute approximate surface area is 57.0 Å². The van der Waals surface area contributed by atoms with Crippen molar-refractivity contribution in [3.63, 3.8) is 0 Å². The fraction of sp³-hybridized carbons (Fsp3) is 0.778. The molecule has 0 aromatic carbocycles. The molecule has 2 aliphatic rings. The van der Waals surface area contributed by atoms with Gasteiger partial charge in [0.05, 0.1) is 0 Å². The summed E-state index contributed by atoms with van der Waals surface area (Å²) in [5.74, 6) is 3.79. The van der Waals surface area contributed by atoms with E-state index in [1.165, 1.54) is 6.42 Å². The van der Waals surface area contributed by atoms with Gasteiger partial charge in [-0.15, -0.1) is 0 Å². The third-order valence-electron chi connectivity index (χ3n) is 3.33. The van der Waals surface area contributed by atoms with Gasteiger partial charge >= 0.3 is 0 Å². The maximum absolute atomic E-state index is 2.41. The fourth-order valence-electron chi connectivity index (χ4n) is 2.32. The predicted octanol–water partition coefficient (Wildman–Crippen LogP) is 2.46. The highest BCUT2D eigenvalue weighted by molar-refractivity contribution is 5.11. The third kappa shape index (κ3) is 0.593. The number of rotatable bonds is 0. The zero-order valence-corrected chi connectivity index (χ0v) is 6.17. The maximum Gasteiger partial charge on any atom is -0.0199 e. The summed E-state index contributed by atoms with van der Waals surface area (Å²) >= 11 is 0. The highest BCUT2D eigenvalue weighted by atomic mass is 14.4. The number of hydrogen-bond acceptors (Lipinski definition) is 0. The van der Waals surface area contributed by atoms with Crippen LogP contribution in [0.4, 0.5) is 0 Å². The Kier molecular flexibility index (Phi) is 0.992. The molecule has 50 valence electrons. The number of allylic oxidation sites excluding steroid dienone is 2. The molecule has 2 aliphatic carbocycles. The molecule has 0 radical (unpaired) electrons. The van der Waals surface area contributed by atoms with E-state index in [1.54, 1.807) is 0 Å². The largest absolute Gasteiger partial charge is 0.0848 e. The monoisotopic (exact) mass is 122 g/mol. The summed E-state index contributed by atoms with van der Waals surface area (Å²) in [5.41, 5.74) is 0. The SMILES string of the molecule is C[C@@H]1[C@@H](C)[C@H]2C=C[C@@H]1C2. The van der Waals surface area contributed by atoms with Crippen molar-refractivity contribution >= 4 is 0 Å². The lowest BCUT2D eigenvalue weighted by atomic mass is 9.86. The quantitative estimate of drug-likeness (QED) is 0.433. The van der Waals surface area contributed by atoms with Gasteiger partial charge in [0.1, 0.15) is 0 Å². The lowest BCUT2D eigenvalue weighted by Gasteiger charge is -2.19. The second kappa shape index (κ2) is 1.62. The molecular formula is C9H14. The summed E-state index contributed by atoms with van der Waals surface area (Å²) < 4.78 is 0. The average molecular weight is 122 g/mol. The minimum absolute atomic E-state index is 0.935. The summed E-state index contributed by atoms with van der Waals surface area (Å²) in [6.45, 7) is 4.78. The smallest absolute Gasteiger partial charge is 0.0199 e. The van der Waals surface area contributed by atoms with Crippen LogP contribution < -0.4 is 0 Å². The van der Waals surface area contributed by atoms with E-state index in [0.717, 1.165) is 23.7 Å². The van der Waals surface area contributed by atoms with Crippen LogP contribution in [0.1, 0.15) is 20.3 Å². The van der Waals surface area contributed by atoms with Gasteiger partial charge in [-0.2, -0.15) is 0 Å². The van der Waals surface area contributed by atoms with E-state index >= 15 is 0 Å². The fourth-order valence-corrected chi connectivity index (χ4v) is 2.32. The Morgan fingerprint density at radius 2 is 1.44 bits per heavy atom. The number of fused-ring (bicyclic) bond motifs is 2. The van der Waals surface area contributed by atoms with E-state index in [1.807, 2.05) is 0 Å². The van der Waals surface area contributed by atoms with Gasteiger partial charge in [-0.25, -0.2) is 0 Å². The molecule has 0 N–H and O–H groups in total. The van der Waals surface area contributed by atoms with Crippen LogP contribution in [-0.2, 0) is 0 Å². The van der Waals surface area contributed by atoms with Crippen molar-refractivity contribution in [2.45, 2.75) is 20.3 Å². The zero-order chi connectivity index (χ0) is 6.43. The van der Waals surface area contributed by atoms with Gasteiger partial charge in [-0.05, 0) is 30.1 Å². The summed E-state index contributed by atoms with van der Waals surface area (Å²) in [6.07, 6.45) is 6.27. The Morgan fingerprint density at radius 3 is 1.67 bits per heavy atom. The molecule has 1 saturated carbocycles. The zero-order valence-electron chi connectivity index (χ0n) is 6.17. The molecule has 2 bridgehead atoms. The van der Waals surface area contributed by atoms with Crippen LogP contribution in [-0.4, -0.2) is 0 Å². The van der Waals surface area contributed by atoms with Crippen molar-refractivity contribution in [1.82, 2.24) is 0 Å². The van der Waals surface area contributed by atoms with Crippen LogP contribution in [0.25, 0.3) is 0 Å². The Morgan fingerprint density at radius 1 is 1.00 bits per heavy atom. The van der Waals surface area contributed by atoms with Crippen molar-refractivity contribution in [3.8, 4) is 0 Å². The van der Waals surface area contributed by atoms with Gasteiger partial charge in [-0.3, -0.25) is 0 Å². The highest BCUT2D eigenvalue weighted by Crippen LogP contribution is 2.47. The Bertz CT molecular complexity index is 130. The standard InChI is InChI=1S/C9H14/c1-6-7(2)9-4-3-8(6)5-9/h3-4,6-9H,5H2,1-2H3/t6-,7-,8-,9+/m1/s1. The van der Waals surface area contributed by atoms with Gasteiger partial charge in [0.25, 0.3) is 0 Å². The van der Waals surface area contributed by atoms with E-state index in [4.69, 9.17) is 0 Å². The first-order chi connectivity index (χ1) is 4.29. The molecule has 1 fully saturated rings. The molecule has 0 unspecified atom stereocenters. The summed E-state index contributed by atoms with van der Waals surface area (Å²) in [5, 5.41) is 0. The third-order valence-corrected chi connectivity index (χ3v) is 3.33. The molecule has 0 spiro atoms. The minimum atomic E-state index is 0.935. The van der Waals surface area contributed by atoms with Gasteiger partial charge in [0, 0.05) is 0 Å². The van der Waals surface area contributed by atoms with Gasteiger partial charge < -0.3 is 0 Å². The summed E-state index contributed by atoms with van der Waals surface area (Å²) in [7, 11) is 0. The Hall–Kier alpha value is -0.260. The molecule has 0 saturated heterocycles. The van der Waals surface area contributed by atoms with Gasteiger partial charge in [-0.1, -0.05) is 26.0 Å². The molecule has 0 aliphatic heterocycles. The topological polar surface area (TPSA) is 0 Å².